The molecule has 0 bridgehead atoms. The van der Waals surface area contributed by atoms with Gasteiger partial charge in [-0.05, 0) is 56.4 Å². The van der Waals surface area contributed by atoms with E-state index in [0.717, 1.165) is 65.8 Å². The van der Waals surface area contributed by atoms with Crippen molar-refractivity contribution in [2.75, 3.05) is 50.1 Å². The van der Waals surface area contributed by atoms with Gasteiger partial charge in [-0.2, -0.15) is 5.10 Å². The average molecular weight is 614 g/mol. The number of aryl methyl sites for hydroxylation is 2. The minimum atomic E-state index is -0.363. The van der Waals surface area contributed by atoms with E-state index < -0.39 is 0 Å². The van der Waals surface area contributed by atoms with E-state index in [1.165, 1.54) is 12.1 Å². The summed E-state index contributed by atoms with van der Waals surface area (Å²) in [4.78, 5) is 27.8. The molecule has 0 unspecified atom stereocenters. The Morgan fingerprint density at radius 2 is 1.69 bits per heavy atom. The van der Waals surface area contributed by atoms with Crippen LogP contribution in [0.2, 0.25) is 0 Å². The monoisotopic (exact) mass is 613 g/mol. The first-order valence-electron chi connectivity index (χ1n) is 15.2. The van der Waals surface area contributed by atoms with Crippen LogP contribution in [0.25, 0.3) is 11.1 Å². The van der Waals surface area contributed by atoms with E-state index in [1.807, 2.05) is 57.3 Å². The Morgan fingerprint density at radius 3 is 2.38 bits per heavy atom. The van der Waals surface area contributed by atoms with E-state index in [-0.39, 0.29) is 24.6 Å². The molecule has 236 valence electrons. The molecule has 0 saturated carbocycles. The molecule has 1 saturated heterocycles. The number of rotatable bonds is 11. The second kappa shape index (κ2) is 14.8. The zero-order chi connectivity index (χ0) is 31.8. The lowest BCUT2D eigenvalue weighted by atomic mass is 10.0. The SMILES string of the molecule is Cc1nc(N2CCC(N(C)c3cc(OCCCN(C)C(=O)OCc4ccccc4)cnn3)CC2)nc(C)c1-c1ccc(F)cc1. The first-order chi connectivity index (χ1) is 21.8. The molecule has 0 spiro atoms. The molecule has 10 nitrogen and oxygen atoms in total. The number of amides is 1. The molecular formula is C34H40FN7O3. The van der Waals surface area contributed by atoms with Gasteiger partial charge in [0.15, 0.2) is 5.82 Å². The van der Waals surface area contributed by atoms with Crippen LogP contribution in [-0.4, -0.2) is 77.5 Å². The van der Waals surface area contributed by atoms with E-state index in [1.54, 1.807) is 30.3 Å². The van der Waals surface area contributed by atoms with Gasteiger partial charge in [-0.1, -0.05) is 42.5 Å². The highest BCUT2D eigenvalue weighted by Crippen LogP contribution is 2.29. The van der Waals surface area contributed by atoms with Crippen molar-refractivity contribution in [3.8, 4) is 16.9 Å². The molecule has 1 amide bonds. The normalized spacial score (nSPS) is 13.4. The fourth-order valence-corrected chi connectivity index (χ4v) is 5.52. The summed E-state index contributed by atoms with van der Waals surface area (Å²) < 4.78 is 24.7. The van der Waals surface area contributed by atoms with Gasteiger partial charge in [0.05, 0.1) is 24.2 Å². The van der Waals surface area contributed by atoms with Gasteiger partial charge in [-0.3, -0.25) is 0 Å². The van der Waals surface area contributed by atoms with Crippen molar-refractivity contribution in [2.24, 2.45) is 0 Å². The molecule has 0 radical (unpaired) electrons. The molecule has 1 fully saturated rings. The Morgan fingerprint density at radius 1 is 1.00 bits per heavy atom. The van der Waals surface area contributed by atoms with Crippen LogP contribution in [-0.2, 0) is 11.3 Å². The number of anilines is 2. The summed E-state index contributed by atoms with van der Waals surface area (Å²) in [6.45, 7) is 6.77. The van der Waals surface area contributed by atoms with Gasteiger partial charge >= 0.3 is 6.09 Å². The highest BCUT2D eigenvalue weighted by molar-refractivity contribution is 5.69. The molecule has 0 atom stereocenters. The zero-order valence-corrected chi connectivity index (χ0v) is 26.3. The number of hydrogen-bond acceptors (Lipinski definition) is 9. The Bertz CT molecular complexity index is 1540. The summed E-state index contributed by atoms with van der Waals surface area (Å²) in [5.74, 6) is 1.85. The summed E-state index contributed by atoms with van der Waals surface area (Å²) >= 11 is 0. The van der Waals surface area contributed by atoms with E-state index >= 15 is 0 Å². The molecule has 1 aliphatic heterocycles. The molecule has 2 aromatic carbocycles. The molecule has 1 aliphatic rings. The second-order valence-electron chi connectivity index (χ2n) is 11.3. The summed E-state index contributed by atoms with van der Waals surface area (Å²) in [6, 6.07) is 18.3. The lowest BCUT2D eigenvalue weighted by molar-refractivity contribution is 0.103. The van der Waals surface area contributed by atoms with Gasteiger partial charge in [0, 0.05) is 51.4 Å². The predicted molar refractivity (Wildman–Crippen MR) is 172 cm³/mol. The number of nitrogens with zero attached hydrogens (tertiary/aromatic N) is 7. The van der Waals surface area contributed by atoms with Gasteiger partial charge in [-0.15, -0.1) is 5.10 Å². The van der Waals surface area contributed by atoms with Crippen LogP contribution >= 0.6 is 0 Å². The highest BCUT2D eigenvalue weighted by Gasteiger charge is 2.26. The first-order valence-corrected chi connectivity index (χ1v) is 15.2. The second-order valence-corrected chi connectivity index (χ2v) is 11.3. The van der Waals surface area contributed by atoms with E-state index in [0.29, 0.717) is 25.3 Å². The van der Waals surface area contributed by atoms with Crippen molar-refractivity contribution < 1.29 is 18.7 Å². The molecule has 5 rings (SSSR count). The van der Waals surface area contributed by atoms with Crippen LogP contribution in [0.5, 0.6) is 5.75 Å². The van der Waals surface area contributed by atoms with Crippen molar-refractivity contribution >= 4 is 17.9 Å². The topological polar surface area (TPSA) is 96.8 Å². The van der Waals surface area contributed by atoms with Crippen molar-refractivity contribution in [3.05, 3.63) is 89.6 Å². The Balaban J connectivity index is 1.08. The predicted octanol–water partition coefficient (Wildman–Crippen LogP) is 5.83. The largest absolute Gasteiger partial charge is 0.492 e. The fourth-order valence-electron chi connectivity index (χ4n) is 5.52. The van der Waals surface area contributed by atoms with E-state index in [2.05, 4.69) is 20.0 Å². The van der Waals surface area contributed by atoms with Crippen molar-refractivity contribution in [1.82, 2.24) is 25.1 Å². The molecular weight excluding hydrogens is 573 g/mol. The molecule has 11 heteroatoms. The van der Waals surface area contributed by atoms with Crippen molar-refractivity contribution in [3.63, 3.8) is 0 Å². The van der Waals surface area contributed by atoms with E-state index in [4.69, 9.17) is 19.4 Å². The number of ether oxygens (including phenoxy) is 2. The third-order valence-corrected chi connectivity index (χ3v) is 8.09. The number of hydrogen-bond donors (Lipinski definition) is 0. The maximum Gasteiger partial charge on any atom is 0.409 e. The maximum absolute atomic E-state index is 13.4. The summed E-state index contributed by atoms with van der Waals surface area (Å²) in [7, 11) is 3.75. The van der Waals surface area contributed by atoms with Crippen LogP contribution in [0, 0.1) is 19.7 Å². The molecule has 4 aromatic rings. The quantitative estimate of drug-likeness (QED) is 0.194. The Kier molecular flexibility index (Phi) is 10.4. The van der Waals surface area contributed by atoms with E-state index in [9.17, 15) is 9.18 Å². The number of aromatic nitrogens is 4. The minimum Gasteiger partial charge on any atom is -0.492 e. The summed E-state index contributed by atoms with van der Waals surface area (Å²) in [5.41, 5.74) is 4.57. The van der Waals surface area contributed by atoms with Crippen molar-refractivity contribution in [2.45, 2.75) is 45.8 Å². The van der Waals surface area contributed by atoms with Gasteiger partial charge in [0.1, 0.15) is 18.2 Å². The van der Waals surface area contributed by atoms with Crippen LogP contribution in [0.15, 0.2) is 66.9 Å². The van der Waals surface area contributed by atoms with Crippen LogP contribution < -0.4 is 14.5 Å². The molecule has 45 heavy (non-hydrogen) atoms. The summed E-state index contributed by atoms with van der Waals surface area (Å²) in [5, 5.41) is 8.51. The molecule has 2 aromatic heterocycles. The number of carbonyl (C=O) groups is 1. The van der Waals surface area contributed by atoms with Crippen LogP contribution in [0.4, 0.5) is 21.0 Å². The lowest BCUT2D eigenvalue weighted by Gasteiger charge is -2.37. The van der Waals surface area contributed by atoms with Crippen LogP contribution in [0.3, 0.4) is 0 Å². The van der Waals surface area contributed by atoms with Gasteiger partial charge < -0.3 is 24.2 Å². The standard InChI is InChI=1S/C34H40FN7O3/c1-24-32(27-11-13-28(35)14-12-27)25(2)38-33(37-24)42-18-15-29(16-19-42)41(4)31-21-30(22-36-39-31)44-20-8-17-40(3)34(43)45-23-26-9-6-5-7-10-26/h5-7,9-14,21-22,29H,8,15-20,23H2,1-4H3. The first kappa shape index (κ1) is 31.6. The smallest absolute Gasteiger partial charge is 0.409 e. The maximum atomic E-state index is 13.4. The number of carbonyl (C=O) groups excluding carboxylic acids is 1. The van der Waals surface area contributed by atoms with Crippen molar-refractivity contribution in [1.29, 1.82) is 0 Å². The highest BCUT2D eigenvalue weighted by atomic mass is 19.1. The van der Waals surface area contributed by atoms with Gasteiger partial charge in [0.25, 0.3) is 0 Å². The number of halogens is 1. The molecule has 0 N–H and O–H groups in total. The number of benzene rings is 2. The minimum absolute atomic E-state index is 0.248. The third-order valence-electron chi connectivity index (χ3n) is 8.09. The Labute approximate surface area is 263 Å². The zero-order valence-electron chi connectivity index (χ0n) is 26.3. The average Bonchev–Trinajstić information content (AvgIpc) is 3.06. The fraction of sp³-hybridized carbons (Fsp3) is 0.382. The van der Waals surface area contributed by atoms with Crippen LogP contribution in [0.1, 0.15) is 36.2 Å². The summed E-state index contributed by atoms with van der Waals surface area (Å²) in [6.07, 6.45) is 3.72. The van der Waals surface area contributed by atoms with Gasteiger partial charge in [0.2, 0.25) is 5.95 Å². The number of piperidine rings is 1. The lowest BCUT2D eigenvalue weighted by Crippen LogP contribution is -2.44. The third kappa shape index (κ3) is 8.23. The molecule has 3 heterocycles. The van der Waals surface area contributed by atoms with Gasteiger partial charge in [-0.25, -0.2) is 19.2 Å². The Hall–Kier alpha value is -4.80. The molecule has 0 aliphatic carbocycles.